The first-order chi connectivity index (χ1) is 7.58. The predicted octanol–water partition coefficient (Wildman–Crippen LogP) is -1.96. The number of nitrogens with two attached hydrogens (primary N) is 1. The Bertz CT molecular complexity index is 304. The average Bonchev–Trinajstić information content (AvgIpc) is 2.53. The zero-order valence-corrected chi connectivity index (χ0v) is 9.06. The normalized spacial score (nSPS) is 30.2. The number of nitrogens with zero attached hydrogens (tertiary/aromatic N) is 1. The Labute approximate surface area is 93.8 Å². The highest BCUT2D eigenvalue weighted by molar-refractivity contribution is 5.87. The standard InChI is InChI=1S/C10H17N3O3/c11-10(16)8-2-7(14)5-13(8)9(15)1-6-3-12-4-6/h6-8,12,14H,1-5H2,(H2,11,16). The monoisotopic (exact) mass is 227 g/mol. The first-order valence-electron chi connectivity index (χ1n) is 5.55. The molecular formula is C10H17N3O3. The molecule has 0 radical (unpaired) electrons. The summed E-state index contributed by atoms with van der Waals surface area (Å²) in [6, 6.07) is -0.629. The van der Waals surface area contributed by atoms with Crippen LogP contribution >= 0.6 is 0 Å². The van der Waals surface area contributed by atoms with Crippen LogP contribution in [0.3, 0.4) is 0 Å². The highest BCUT2D eigenvalue weighted by atomic mass is 16.3. The number of carbonyl (C=O) groups is 2. The smallest absolute Gasteiger partial charge is 0.240 e. The summed E-state index contributed by atoms with van der Waals surface area (Å²) < 4.78 is 0. The topological polar surface area (TPSA) is 95.7 Å². The lowest BCUT2D eigenvalue weighted by molar-refractivity contribution is -0.138. The fourth-order valence-corrected chi connectivity index (χ4v) is 2.22. The van der Waals surface area contributed by atoms with Gasteiger partial charge in [0.05, 0.1) is 6.10 Å². The van der Waals surface area contributed by atoms with E-state index in [2.05, 4.69) is 5.32 Å². The van der Waals surface area contributed by atoms with Crippen LogP contribution in [0.25, 0.3) is 0 Å². The van der Waals surface area contributed by atoms with Gasteiger partial charge in [0.15, 0.2) is 0 Å². The van der Waals surface area contributed by atoms with Crippen molar-refractivity contribution in [2.24, 2.45) is 11.7 Å². The number of hydrogen-bond donors (Lipinski definition) is 3. The first kappa shape index (κ1) is 11.3. The maximum absolute atomic E-state index is 11.9. The molecule has 2 aliphatic heterocycles. The van der Waals surface area contributed by atoms with Crippen LogP contribution in [0.15, 0.2) is 0 Å². The van der Waals surface area contributed by atoms with Gasteiger partial charge in [0.2, 0.25) is 11.8 Å². The van der Waals surface area contributed by atoms with Gasteiger partial charge in [-0.25, -0.2) is 0 Å². The van der Waals surface area contributed by atoms with Gasteiger partial charge in [-0.2, -0.15) is 0 Å². The number of amides is 2. The van der Waals surface area contributed by atoms with Crippen LogP contribution in [-0.2, 0) is 9.59 Å². The van der Waals surface area contributed by atoms with Crippen LogP contribution in [0.4, 0.5) is 0 Å². The van der Waals surface area contributed by atoms with Gasteiger partial charge in [-0.3, -0.25) is 9.59 Å². The largest absolute Gasteiger partial charge is 0.391 e. The highest BCUT2D eigenvalue weighted by Gasteiger charge is 2.38. The molecule has 2 rings (SSSR count). The molecule has 2 atom stereocenters. The SMILES string of the molecule is NC(=O)C1CC(O)CN1C(=O)CC1CNC1. The fraction of sp³-hybridized carbons (Fsp3) is 0.800. The Morgan fingerprint density at radius 3 is 2.62 bits per heavy atom. The predicted molar refractivity (Wildman–Crippen MR) is 56.3 cm³/mol. The number of β-amino-alcohol motifs (C(OH)–C–C–N with tert-alkyl or cyclic N) is 1. The first-order valence-corrected chi connectivity index (χ1v) is 5.55. The van der Waals surface area contributed by atoms with Crippen molar-refractivity contribution in [3.05, 3.63) is 0 Å². The second-order valence-corrected chi connectivity index (χ2v) is 4.58. The Balaban J connectivity index is 1.95. The van der Waals surface area contributed by atoms with Crippen molar-refractivity contribution in [3.8, 4) is 0 Å². The van der Waals surface area contributed by atoms with Crippen molar-refractivity contribution in [1.29, 1.82) is 0 Å². The molecule has 4 N–H and O–H groups in total. The van der Waals surface area contributed by atoms with Crippen LogP contribution in [0.1, 0.15) is 12.8 Å². The summed E-state index contributed by atoms with van der Waals surface area (Å²) in [5.74, 6) is -0.248. The van der Waals surface area contributed by atoms with E-state index in [9.17, 15) is 14.7 Å². The highest BCUT2D eigenvalue weighted by Crippen LogP contribution is 2.21. The minimum Gasteiger partial charge on any atom is -0.391 e. The number of likely N-dealkylation sites (tertiary alicyclic amines) is 1. The minimum absolute atomic E-state index is 0.0770. The third kappa shape index (κ3) is 2.17. The van der Waals surface area contributed by atoms with Crippen LogP contribution in [-0.4, -0.2) is 53.6 Å². The Hall–Kier alpha value is -1.14. The fourth-order valence-electron chi connectivity index (χ4n) is 2.22. The number of aliphatic hydroxyl groups excluding tert-OH is 1. The van der Waals surface area contributed by atoms with Crippen molar-refractivity contribution in [1.82, 2.24) is 10.2 Å². The summed E-state index contributed by atoms with van der Waals surface area (Å²) in [7, 11) is 0. The Kier molecular flexibility index (Phi) is 3.11. The molecule has 0 aliphatic carbocycles. The molecule has 16 heavy (non-hydrogen) atoms. The number of hydrogen-bond acceptors (Lipinski definition) is 4. The van der Waals surface area contributed by atoms with Crippen LogP contribution in [0.5, 0.6) is 0 Å². The van der Waals surface area contributed by atoms with Crippen LogP contribution in [0.2, 0.25) is 0 Å². The molecule has 0 saturated carbocycles. The number of carbonyl (C=O) groups excluding carboxylic acids is 2. The molecule has 6 nitrogen and oxygen atoms in total. The Morgan fingerprint density at radius 1 is 1.44 bits per heavy atom. The summed E-state index contributed by atoms with van der Waals surface area (Å²) >= 11 is 0. The van der Waals surface area contributed by atoms with E-state index in [1.165, 1.54) is 4.90 Å². The van der Waals surface area contributed by atoms with E-state index in [0.29, 0.717) is 12.3 Å². The second kappa shape index (κ2) is 4.39. The van der Waals surface area contributed by atoms with Gasteiger partial charge >= 0.3 is 0 Å². The molecule has 90 valence electrons. The van der Waals surface area contributed by atoms with Gasteiger partial charge in [0.1, 0.15) is 6.04 Å². The molecule has 0 aromatic rings. The summed E-state index contributed by atoms with van der Waals surface area (Å²) in [5.41, 5.74) is 5.21. The Morgan fingerprint density at radius 2 is 2.12 bits per heavy atom. The third-order valence-corrected chi connectivity index (χ3v) is 3.26. The van der Waals surface area contributed by atoms with Gasteiger partial charge in [0, 0.05) is 19.4 Å². The maximum atomic E-state index is 11.9. The van der Waals surface area contributed by atoms with E-state index in [0.717, 1.165) is 13.1 Å². The summed E-state index contributed by atoms with van der Waals surface area (Å²) in [5, 5.41) is 12.5. The molecular weight excluding hydrogens is 210 g/mol. The van der Waals surface area contributed by atoms with E-state index in [1.807, 2.05) is 0 Å². The number of primary amides is 1. The summed E-state index contributed by atoms with van der Waals surface area (Å²) in [4.78, 5) is 24.4. The van der Waals surface area contributed by atoms with Crippen molar-refractivity contribution in [3.63, 3.8) is 0 Å². The molecule has 0 spiro atoms. The molecule has 0 bridgehead atoms. The zero-order chi connectivity index (χ0) is 11.7. The molecule has 0 aromatic heterocycles. The lowest BCUT2D eigenvalue weighted by Crippen LogP contribution is -2.48. The minimum atomic E-state index is -0.629. The average molecular weight is 227 g/mol. The van der Waals surface area contributed by atoms with Gasteiger partial charge in [-0.1, -0.05) is 0 Å². The summed E-state index contributed by atoms with van der Waals surface area (Å²) in [6.45, 7) is 1.93. The second-order valence-electron chi connectivity index (χ2n) is 4.58. The van der Waals surface area contributed by atoms with E-state index in [4.69, 9.17) is 5.73 Å². The van der Waals surface area contributed by atoms with E-state index in [1.54, 1.807) is 0 Å². The van der Waals surface area contributed by atoms with Crippen molar-refractivity contribution >= 4 is 11.8 Å². The third-order valence-electron chi connectivity index (χ3n) is 3.26. The van der Waals surface area contributed by atoms with E-state index < -0.39 is 18.1 Å². The molecule has 2 aliphatic rings. The van der Waals surface area contributed by atoms with E-state index in [-0.39, 0.29) is 18.9 Å². The maximum Gasteiger partial charge on any atom is 0.240 e. The van der Waals surface area contributed by atoms with E-state index >= 15 is 0 Å². The number of rotatable bonds is 3. The van der Waals surface area contributed by atoms with Crippen LogP contribution < -0.4 is 11.1 Å². The molecule has 2 unspecified atom stereocenters. The van der Waals surface area contributed by atoms with Gasteiger partial charge in [-0.05, 0) is 19.0 Å². The lowest BCUT2D eigenvalue weighted by atomic mass is 9.98. The quantitative estimate of drug-likeness (QED) is 0.522. The van der Waals surface area contributed by atoms with Crippen molar-refractivity contribution in [2.45, 2.75) is 25.0 Å². The molecule has 2 saturated heterocycles. The molecule has 2 heterocycles. The van der Waals surface area contributed by atoms with Gasteiger partial charge in [-0.15, -0.1) is 0 Å². The zero-order valence-electron chi connectivity index (χ0n) is 9.06. The molecule has 0 aromatic carbocycles. The van der Waals surface area contributed by atoms with Gasteiger partial charge in [0.25, 0.3) is 0 Å². The van der Waals surface area contributed by atoms with Crippen molar-refractivity contribution in [2.75, 3.05) is 19.6 Å². The summed E-state index contributed by atoms with van der Waals surface area (Å²) in [6.07, 6.45) is 0.0778. The lowest BCUT2D eigenvalue weighted by Gasteiger charge is -2.29. The number of aliphatic hydroxyl groups is 1. The molecule has 2 amide bonds. The molecule has 2 fully saturated rings. The van der Waals surface area contributed by atoms with Gasteiger partial charge < -0.3 is 21.1 Å². The molecule has 6 heteroatoms. The van der Waals surface area contributed by atoms with Crippen LogP contribution in [0, 0.1) is 5.92 Å². The van der Waals surface area contributed by atoms with Crippen molar-refractivity contribution < 1.29 is 14.7 Å². The number of nitrogens with one attached hydrogen (secondary N) is 1.